The number of aromatic amines is 1. The molecule has 0 aliphatic carbocycles. The van der Waals surface area contributed by atoms with Crippen molar-refractivity contribution >= 4 is 38.4 Å². The van der Waals surface area contributed by atoms with Crippen LogP contribution in [0.5, 0.6) is 0 Å². The molecule has 37 heavy (non-hydrogen) atoms. The Hall–Kier alpha value is -4.36. The third-order valence-corrected chi connectivity index (χ3v) is 7.07. The zero-order valence-electron chi connectivity index (χ0n) is 19.9. The van der Waals surface area contributed by atoms with Gasteiger partial charge in [0, 0.05) is 26.5 Å². The van der Waals surface area contributed by atoms with Crippen LogP contribution in [0.25, 0.3) is 27.7 Å². The highest BCUT2D eigenvalue weighted by Gasteiger charge is 2.35. The van der Waals surface area contributed by atoms with Gasteiger partial charge in [0.15, 0.2) is 0 Å². The van der Waals surface area contributed by atoms with Crippen molar-refractivity contribution < 1.29 is 9.21 Å². The number of H-pyrrole nitrogens is 1. The Labute approximate surface area is 221 Å². The maximum atomic E-state index is 13.7. The minimum absolute atomic E-state index is 0.216. The number of benzene rings is 3. The third kappa shape index (κ3) is 4.07. The number of nitrogens with zero attached hydrogens (tertiary/aromatic N) is 1. The van der Waals surface area contributed by atoms with Crippen LogP contribution in [-0.2, 0) is 0 Å². The summed E-state index contributed by atoms with van der Waals surface area (Å²) in [6.07, 6.45) is 3.45. The summed E-state index contributed by atoms with van der Waals surface area (Å²) >= 11 is 3.58. The standard InChI is InChI=1S/C30H22BrN3O3/c1-18-8-5-6-11-21(18)30(36)34-25(26-12-7-15-37-26)17-24(33-34)28-27(19-9-3-2-4-10-19)22-16-20(31)13-14-23(22)32-29(28)35/h2-17,25,33H,1H3,(H,32,35)/t25-/m0/s1. The normalized spacial score (nSPS) is 15.0. The molecule has 6 nitrogen and oxygen atoms in total. The number of amides is 1. The number of halogens is 1. The zero-order chi connectivity index (χ0) is 25.5. The largest absolute Gasteiger partial charge is 0.467 e. The SMILES string of the molecule is Cc1ccccc1C(=O)N1NC(c2c(-c3ccccc3)c3cc(Br)ccc3[nH]c2=O)=C[C@H]1c1ccco1. The van der Waals surface area contributed by atoms with Gasteiger partial charge in [0.25, 0.3) is 11.5 Å². The molecule has 7 heteroatoms. The molecule has 0 saturated carbocycles. The third-order valence-electron chi connectivity index (χ3n) is 6.58. The molecule has 0 bridgehead atoms. The molecule has 1 aliphatic rings. The maximum Gasteiger partial charge on any atom is 0.273 e. The molecule has 0 saturated heterocycles. The number of pyridine rings is 1. The van der Waals surface area contributed by atoms with Gasteiger partial charge in [0.2, 0.25) is 0 Å². The summed E-state index contributed by atoms with van der Waals surface area (Å²) in [6.45, 7) is 1.90. The first-order valence-electron chi connectivity index (χ1n) is 11.8. The summed E-state index contributed by atoms with van der Waals surface area (Å²) in [6, 6.07) is 26.1. The van der Waals surface area contributed by atoms with E-state index in [4.69, 9.17) is 4.42 Å². The summed E-state index contributed by atoms with van der Waals surface area (Å²) in [5.74, 6) is 0.373. The van der Waals surface area contributed by atoms with Crippen molar-refractivity contribution in [3.63, 3.8) is 0 Å². The number of aryl methyl sites for hydroxylation is 1. The number of carbonyl (C=O) groups is 1. The molecule has 0 fully saturated rings. The van der Waals surface area contributed by atoms with Crippen molar-refractivity contribution in [3.05, 3.63) is 135 Å². The molecule has 6 rings (SSSR count). The average Bonchev–Trinajstić information content (AvgIpc) is 3.59. The van der Waals surface area contributed by atoms with E-state index in [1.54, 1.807) is 18.4 Å². The monoisotopic (exact) mass is 551 g/mol. The molecular weight excluding hydrogens is 530 g/mol. The van der Waals surface area contributed by atoms with Crippen LogP contribution in [-0.4, -0.2) is 15.9 Å². The van der Waals surface area contributed by atoms with Crippen molar-refractivity contribution in [1.82, 2.24) is 15.4 Å². The highest BCUT2D eigenvalue weighted by Crippen LogP contribution is 2.38. The van der Waals surface area contributed by atoms with E-state index in [9.17, 15) is 9.59 Å². The van der Waals surface area contributed by atoms with Crippen LogP contribution >= 0.6 is 15.9 Å². The van der Waals surface area contributed by atoms with Crippen molar-refractivity contribution in [2.24, 2.45) is 0 Å². The fraction of sp³-hybridized carbons (Fsp3) is 0.0667. The Balaban J connectivity index is 1.56. The first kappa shape index (κ1) is 23.1. The molecule has 3 aromatic carbocycles. The van der Waals surface area contributed by atoms with Gasteiger partial charge in [-0.15, -0.1) is 0 Å². The molecule has 0 radical (unpaired) electrons. The van der Waals surface area contributed by atoms with Gasteiger partial charge in [0.05, 0.1) is 17.5 Å². The second-order valence-electron chi connectivity index (χ2n) is 8.90. The predicted octanol–water partition coefficient (Wildman–Crippen LogP) is 6.60. The number of nitrogens with one attached hydrogen (secondary N) is 2. The predicted molar refractivity (Wildman–Crippen MR) is 148 cm³/mol. The minimum Gasteiger partial charge on any atom is -0.467 e. The van der Waals surface area contributed by atoms with Gasteiger partial charge in [0.1, 0.15) is 11.8 Å². The first-order valence-corrected chi connectivity index (χ1v) is 12.6. The molecule has 1 amide bonds. The highest BCUT2D eigenvalue weighted by molar-refractivity contribution is 9.10. The summed E-state index contributed by atoms with van der Waals surface area (Å²) in [5, 5.41) is 2.41. The van der Waals surface area contributed by atoms with Crippen molar-refractivity contribution in [2.75, 3.05) is 0 Å². The van der Waals surface area contributed by atoms with Gasteiger partial charge in [-0.2, -0.15) is 0 Å². The summed E-state index contributed by atoms with van der Waals surface area (Å²) < 4.78 is 6.61. The van der Waals surface area contributed by atoms with Crippen LogP contribution < -0.4 is 11.0 Å². The Morgan fingerprint density at radius 1 is 0.946 bits per heavy atom. The lowest BCUT2D eigenvalue weighted by Gasteiger charge is -2.25. The topological polar surface area (TPSA) is 78.3 Å². The van der Waals surface area contributed by atoms with Crippen LogP contribution in [0.4, 0.5) is 0 Å². The van der Waals surface area contributed by atoms with E-state index in [-0.39, 0.29) is 11.5 Å². The molecule has 3 heterocycles. The van der Waals surface area contributed by atoms with E-state index >= 15 is 0 Å². The van der Waals surface area contributed by atoms with E-state index < -0.39 is 6.04 Å². The Kier molecular flexibility index (Phi) is 5.77. The van der Waals surface area contributed by atoms with E-state index in [0.29, 0.717) is 22.6 Å². The van der Waals surface area contributed by atoms with E-state index in [1.165, 1.54) is 5.01 Å². The van der Waals surface area contributed by atoms with Crippen molar-refractivity contribution in [1.29, 1.82) is 0 Å². The lowest BCUT2D eigenvalue weighted by molar-refractivity contribution is 0.0654. The van der Waals surface area contributed by atoms with Gasteiger partial charge < -0.3 is 9.40 Å². The minimum atomic E-state index is -0.543. The number of hydrogen-bond donors (Lipinski definition) is 2. The average molecular weight is 552 g/mol. The van der Waals surface area contributed by atoms with Gasteiger partial charge in [-0.05, 0) is 60.5 Å². The fourth-order valence-corrected chi connectivity index (χ4v) is 5.18. The molecule has 0 unspecified atom stereocenters. The zero-order valence-corrected chi connectivity index (χ0v) is 21.5. The number of hydrogen-bond acceptors (Lipinski definition) is 4. The summed E-state index contributed by atoms with van der Waals surface area (Å²) in [4.78, 5) is 30.4. The second kappa shape index (κ2) is 9.26. The summed E-state index contributed by atoms with van der Waals surface area (Å²) in [7, 11) is 0. The van der Waals surface area contributed by atoms with Gasteiger partial charge in [-0.25, -0.2) is 5.01 Å². The smallest absolute Gasteiger partial charge is 0.273 e. The Morgan fingerprint density at radius 3 is 2.49 bits per heavy atom. The molecule has 0 spiro atoms. The van der Waals surface area contributed by atoms with Gasteiger partial charge in [-0.1, -0.05) is 64.5 Å². The Morgan fingerprint density at radius 2 is 1.73 bits per heavy atom. The number of fused-ring (bicyclic) bond motifs is 1. The number of rotatable bonds is 4. The molecule has 2 N–H and O–H groups in total. The molecule has 5 aromatic rings. The van der Waals surface area contributed by atoms with Crippen molar-refractivity contribution in [3.8, 4) is 11.1 Å². The first-order chi connectivity index (χ1) is 18.0. The van der Waals surface area contributed by atoms with E-state index in [1.807, 2.05) is 85.8 Å². The molecular formula is C30H22BrN3O3. The fourth-order valence-electron chi connectivity index (χ4n) is 4.82. The van der Waals surface area contributed by atoms with Crippen LogP contribution in [0, 0.1) is 6.92 Å². The number of furan rings is 1. The van der Waals surface area contributed by atoms with Gasteiger partial charge >= 0.3 is 0 Å². The van der Waals surface area contributed by atoms with E-state index in [2.05, 4.69) is 26.3 Å². The Bertz CT molecular complexity index is 1720. The second-order valence-corrected chi connectivity index (χ2v) is 9.82. The number of hydrazine groups is 1. The number of carbonyl (C=O) groups excluding carboxylic acids is 1. The molecule has 1 aliphatic heterocycles. The van der Waals surface area contributed by atoms with E-state index in [0.717, 1.165) is 32.1 Å². The van der Waals surface area contributed by atoms with Gasteiger partial charge in [-0.3, -0.25) is 15.0 Å². The molecule has 2 aromatic heterocycles. The maximum absolute atomic E-state index is 13.7. The molecule has 182 valence electrons. The quantitative estimate of drug-likeness (QED) is 0.263. The lowest BCUT2D eigenvalue weighted by Crippen LogP contribution is -2.40. The van der Waals surface area contributed by atoms with Crippen LogP contribution in [0.3, 0.4) is 0 Å². The van der Waals surface area contributed by atoms with Crippen LogP contribution in [0.1, 0.15) is 33.3 Å². The van der Waals surface area contributed by atoms with Crippen molar-refractivity contribution in [2.45, 2.75) is 13.0 Å². The van der Waals surface area contributed by atoms with Crippen LogP contribution in [0.2, 0.25) is 0 Å². The molecule has 1 atom stereocenters. The number of aromatic nitrogens is 1. The highest BCUT2D eigenvalue weighted by atomic mass is 79.9. The lowest BCUT2D eigenvalue weighted by atomic mass is 9.94. The summed E-state index contributed by atoms with van der Waals surface area (Å²) in [5.41, 5.74) is 7.82. The van der Waals surface area contributed by atoms with Crippen LogP contribution in [0.15, 0.2) is 111 Å².